The highest BCUT2D eigenvalue weighted by molar-refractivity contribution is 14.1. The molecule has 0 aliphatic carbocycles. The molecule has 0 aliphatic heterocycles. The maximum Gasteiger partial charge on any atom is 0.253 e. The molecule has 0 fully saturated rings. The molecule has 1 amide bonds. The van der Waals surface area contributed by atoms with E-state index in [1.807, 2.05) is 18.2 Å². The average molecular weight is 416 g/mol. The van der Waals surface area contributed by atoms with Crippen LogP contribution in [0.15, 0.2) is 36.4 Å². The Kier molecular flexibility index (Phi) is 4.95. The number of benzene rings is 2. The molecule has 0 radical (unpaired) electrons. The van der Waals surface area contributed by atoms with E-state index < -0.39 is 0 Å². The molecule has 0 aromatic heterocycles. The zero-order valence-corrected chi connectivity index (χ0v) is 14.6. The summed E-state index contributed by atoms with van der Waals surface area (Å²) in [6.45, 7) is 0. The van der Waals surface area contributed by atoms with Gasteiger partial charge in [0.25, 0.3) is 5.91 Å². The number of nitrogens with two attached hydrogens (primary N) is 1. The van der Waals surface area contributed by atoms with Crippen LogP contribution in [0.1, 0.15) is 10.4 Å². The molecule has 0 unspecified atom stereocenters. The Morgan fingerprint density at radius 1 is 1.19 bits per heavy atom. The third-order valence-corrected chi connectivity index (χ3v) is 4.03. The summed E-state index contributed by atoms with van der Waals surface area (Å²) < 4.78 is 0.993. The monoisotopic (exact) mass is 415 g/mol. The highest BCUT2D eigenvalue weighted by atomic mass is 127. The summed E-state index contributed by atoms with van der Waals surface area (Å²) >= 11 is 8.14. The Labute approximate surface area is 142 Å². The number of nitrogen functional groups attached to an aromatic ring is 1. The molecular weight excluding hydrogens is 401 g/mol. The SMILES string of the molecule is CN(C)C(=O)c1ccc(Nc2ccc(Cl)cc2I)c(N)c1. The van der Waals surface area contributed by atoms with Gasteiger partial charge in [0.1, 0.15) is 0 Å². The number of carbonyl (C=O) groups excluding carboxylic acids is 1. The van der Waals surface area contributed by atoms with Crippen molar-refractivity contribution >= 4 is 57.2 Å². The Morgan fingerprint density at radius 2 is 1.86 bits per heavy atom. The minimum absolute atomic E-state index is 0.0747. The number of nitrogens with one attached hydrogen (secondary N) is 1. The number of nitrogens with zero attached hydrogens (tertiary/aromatic N) is 1. The summed E-state index contributed by atoms with van der Waals surface area (Å²) in [5, 5.41) is 3.93. The van der Waals surface area contributed by atoms with E-state index in [2.05, 4.69) is 27.9 Å². The van der Waals surface area contributed by atoms with Crippen LogP contribution >= 0.6 is 34.2 Å². The second kappa shape index (κ2) is 6.53. The van der Waals surface area contributed by atoms with E-state index in [1.165, 1.54) is 4.90 Å². The largest absolute Gasteiger partial charge is 0.397 e. The van der Waals surface area contributed by atoms with E-state index >= 15 is 0 Å². The van der Waals surface area contributed by atoms with E-state index in [9.17, 15) is 4.79 Å². The molecule has 110 valence electrons. The standard InChI is InChI=1S/C15H15ClIN3O/c1-20(2)15(21)9-3-5-14(12(18)7-9)19-13-6-4-10(16)8-11(13)17/h3-8,19H,18H2,1-2H3. The summed E-state index contributed by atoms with van der Waals surface area (Å²) in [6.07, 6.45) is 0. The van der Waals surface area contributed by atoms with Crippen LogP contribution < -0.4 is 11.1 Å². The molecule has 2 rings (SSSR count). The topological polar surface area (TPSA) is 58.4 Å². The van der Waals surface area contributed by atoms with Gasteiger partial charge in [-0.05, 0) is 59.0 Å². The van der Waals surface area contributed by atoms with Crippen LogP contribution in [0.3, 0.4) is 0 Å². The smallest absolute Gasteiger partial charge is 0.253 e. The van der Waals surface area contributed by atoms with Crippen molar-refractivity contribution in [1.82, 2.24) is 4.90 Å². The van der Waals surface area contributed by atoms with E-state index in [1.54, 1.807) is 32.3 Å². The first-order valence-electron chi connectivity index (χ1n) is 6.21. The maximum absolute atomic E-state index is 11.9. The molecule has 0 saturated carbocycles. The van der Waals surface area contributed by atoms with Gasteiger partial charge < -0.3 is 16.0 Å². The van der Waals surface area contributed by atoms with Crippen LogP contribution in [0.4, 0.5) is 17.1 Å². The second-order valence-corrected chi connectivity index (χ2v) is 6.35. The molecule has 0 bridgehead atoms. The minimum Gasteiger partial charge on any atom is -0.397 e. The van der Waals surface area contributed by atoms with Gasteiger partial charge in [-0.25, -0.2) is 0 Å². The van der Waals surface area contributed by atoms with Crippen molar-refractivity contribution in [2.45, 2.75) is 0 Å². The quantitative estimate of drug-likeness (QED) is 0.589. The number of carbonyl (C=O) groups is 1. The highest BCUT2D eigenvalue weighted by Gasteiger charge is 2.10. The van der Waals surface area contributed by atoms with E-state index in [0.29, 0.717) is 16.3 Å². The Balaban J connectivity index is 2.27. The fourth-order valence-electron chi connectivity index (χ4n) is 1.80. The summed E-state index contributed by atoms with van der Waals surface area (Å²) in [5.74, 6) is -0.0747. The van der Waals surface area contributed by atoms with Gasteiger partial charge in [-0.1, -0.05) is 11.6 Å². The molecule has 0 heterocycles. The molecule has 0 spiro atoms. The average Bonchev–Trinajstić information content (AvgIpc) is 2.42. The Hall–Kier alpha value is -1.47. The van der Waals surface area contributed by atoms with Gasteiger partial charge in [-0.15, -0.1) is 0 Å². The third kappa shape index (κ3) is 3.79. The summed E-state index contributed by atoms with van der Waals surface area (Å²) in [5.41, 5.74) is 8.78. The van der Waals surface area contributed by atoms with Gasteiger partial charge in [0, 0.05) is 28.3 Å². The van der Waals surface area contributed by atoms with Gasteiger partial charge in [0.2, 0.25) is 0 Å². The Morgan fingerprint density at radius 3 is 2.43 bits per heavy atom. The first kappa shape index (κ1) is 15.9. The van der Waals surface area contributed by atoms with Crippen LogP contribution in [-0.2, 0) is 0 Å². The third-order valence-electron chi connectivity index (χ3n) is 2.91. The van der Waals surface area contributed by atoms with Crippen LogP contribution in [0.5, 0.6) is 0 Å². The first-order chi connectivity index (χ1) is 9.88. The molecule has 0 aliphatic rings. The first-order valence-corrected chi connectivity index (χ1v) is 7.67. The number of hydrogen-bond donors (Lipinski definition) is 2. The van der Waals surface area contributed by atoms with Crippen molar-refractivity contribution in [3.05, 3.63) is 50.6 Å². The molecule has 0 atom stereocenters. The van der Waals surface area contributed by atoms with Gasteiger partial charge in [0.15, 0.2) is 0 Å². The van der Waals surface area contributed by atoms with Crippen molar-refractivity contribution in [2.75, 3.05) is 25.1 Å². The normalized spacial score (nSPS) is 10.3. The zero-order valence-electron chi connectivity index (χ0n) is 11.7. The summed E-state index contributed by atoms with van der Waals surface area (Å²) in [6, 6.07) is 10.8. The maximum atomic E-state index is 11.9. The van der Waals surface area contributed by atoms with Crippen molar-refractivity contribution in [3.8, 4) is 0 Å². The van der Waals surface area contributed by atoms with Gasteiger partial charge in [0.05, 0.1) is 17.1 Å². The number of rotatable bonds is 3. The second-order valence-electron chi connectivity index (χ2n) is 4.75. The van der Waals surface area contributed by atoms with Crippen molar-refractivity contribution < 1.29 is 4.79 Å². The number of hydrogen-bond acceptors (Lipinski definition) is 3. The highest BCUT2D eigenvalue weighted by Crippen LogP contribution is 2.29. The lowest BCUT2D eigenvalue weighted by molar-refractivity contribution is 0.0827. The lowest BCUT2D eigenvalue weighted by Crippen LogP contribution is -2.21. The molecule has 2 aromatic rings. The lowest BCUT2D eigenvalue weighted by Gasteiger charge is -2.14. The molecular formula is C15H15ClIN3O. The molecule has 0 saturated heterocycles. The predicted octanol–water partition coefficient (Wildman–Crippen LogP) is 3.97. The van der Waals surface area contributed by atoms with E-state index in [0.717, 1.165) is 14.9 Å². The number of halogens is 2. The Bertz CT molecular complexity index is 689. The van der Waals surface area contributed by atoms with Crippen molar-refractivity contribution in [1.29, 1.82) is 0 Å². The van der Waals surface area contributed by atoms with Crippen LogP contribution in [0.25, 0.3) is 0 Å². The predicted molar refractivity (Wildman–Crippen MR) is 96.3 cm³/mol. The van der Waals surface area contributed by atoms with Crippen molar-refractivity contribution in [2.24, 2.45) is 0 Å². The minimum atomic E-state index is -0.0747. The summed E-state index contributed by atoms with van der Waals surface area (Å²) in [7, 11) is 3.42. The molecule has 2 aromatic carbocycles. The van der Waals surface area contributed by atoms with Crippen LogP contribution in [0, 0.1) is 3.57 Å². The molecule has 6 heteroatoms. The fourth-order valence-corrected chi connectivity index (χ4v) is 2.81. The lowest BCUT2D eigenvalue weighted by atomic mass is 10.1. The van der Waals surface area contributed by atoms with Gasteiger partial charge >= 0.3 is 0 Å². The van der Waals surface area contributed by atoms with Crippen LogP contribution in [-0.4, -0.2) is 24.9 Å². The van der Waals surface area contributed by atoms with Crippen molar-refractivity contribution in [3.63, 3.8) is 0 Å². The summed E-state index contributed by atoms with van der Waals surface area (Å²) in [4.78, 5) is 13.4. The molecule has 3 N–H and O–H groups in total. The number of anilines is 3. The van der Waals surface area contributed by atoms with E-state index in [-0.39, 0.29) is 5.91 Å². The zero-order chi connectivity index (χ0) is 15.6. The molecule has 4 nitrogen and oxygen atoms in total. The van der Waals surface area contributed by atoms with Crippen LogP contribution in [0.2, 0.25) is 5.02 Å². The fraction of sp³-hybridized carbons (Fsp3) is 0.133. The molecule has 21 heavy (non-hydrogen) atoms. The van der Waals surface area contributed by atoms with Gasteiger partial charge in [-0.3, -0.25) is 4.79 Å². The van der Waals surface area contributed by atoms with Gasteiger partial charge in [-0.2, -0.15) is 0 Å². The van der Waals surface area contributed by atoms with E-state index in [4.69, 9.17) is 17.3 Å². The number of amides is 1.